The van der Waals surface area contributed by atoms with Crippen LogP contribution >= 0.6 is 0 Å². The first-order valence-electron chi connectivity index (χ1n) is 7.62. The molecule has 122 valence electrons. The van der Waals surface area contributed by atoms with Crippen LogP contribution in [0.2, 0.25) is 0 Å². The first kappa shape index (κ1) is 18.2. The van der Waals surface area contributed by atoms with E-state index in [1.807, 2.05) is 38.1 Å². The zero-order valence-electron chi connectivity index (χ0n) is 14.1. The highest BCUT2D eigenvalue weighted by Gasteiger charge is 2.14. The Morgan fingerprint density at radius 2 is 1.59 bits per heavy atom. The monoisotopic (exact) mass is 305 g/mol. The van der Waals surface area contributed by atoms with E-state index in [0.717, 1.165) is 11.3 Å². The van der Waals surface area contributed by atoms with Crippen LogP contribution in [0.15, 0.2) is 24.3 Å². The number of hydrogen-bond acceptors (Lipinski definition) is 3. The highest BCUT2D eigenvalue weighted by atomic mass is 16.2. The van der Waals surface area contributed by atoms with E-state index < -0.39 is 0 Å². The minimum absolute atomic E-state index is 0.0631. The molecule has 2 amide bonds. The van der Waals surface area contributed by atoms with Gasteiger partial charge < -0.3 is 10.6 Å². The smallest absolute Gasteiger partial charge is 0.238 e. The Balaban J connectivity index is 2.37. The molecule has 2 N–H and O–H groups in total. The Morgan fingerprint density at radius 1 is 1.05 bits per heavy atom. The van der Waals surface area contributed by atoms with Crippen LogP contribution in [0.4, 0.5) is 5.69 Å². The van der Waals surface area contributed by atoms with Gasteiger partial charge in [-0.3, -0.25) is 14.5 Å². The molecule has 5 heteroatoms. The lowest BCUT2D eigenvalue weighted by atomic mass is 10.1. The van der Waals surface area contributed by atoms with Gasteiger partial charge in [0.1, 0.15) is 0 Å². The Labute approximate surface area is 133 Å². The van der Waals surface area contributed by atoms with Gasteiger partial charge in [0.25, 0.3) is 0 Å². The number of aryl methyl sites for hydroxylation is 1. The van der Waals surface area contributed by atoms with Crippen molar-refractivity contribution in [2.24, 2.45) is 5.92 Å². The van der Waals surface area contributed by atoms with E-state index >= 15 is 0 Å². The lowest BCUT2D eigenvalue weighted by molar-refractivity contribution is -0.123. The van der Waals surface area contributed by atoms with Gasteiger partial charge in [0, 0.05) is 11.7 Å². The molecule has 0 aliphatic carbocycles. The van der Waals surface area contributed by atoms with Crippen LogP contribution in [0.5, 0.6) is 0 Å². The van der Waals surface area contributed by atoms with E-state index in [9.17, 15) is 9.59 Å². The van der Waals surface area contributed by atoms with Crippen LogP contribution in [0.3, 0.4) is 0 Å². The molecule has 1 aromatic rings. The molecule has 0 aliphatic rings. The van der Waals surface area contributed by atoms with Gasteiger partial charge in [-0.2, -0.15) is 0 Å². The molecule has 0 aromatic heterocycles. The molecule has 0 radical (unpaired) electrons. The van der Waals surface area contributed by atoms with Crippen LogP contribution in [0, 0.1) is 12.8 Å². The summed E-state index contributed by atoms with van der Waals surface area (Å²) in [4.78, 5) is 25.5. The Hall–Kier alpha value is -1.88. The second-order valence-electron chi connectivity index (χ2n) is 6.19. The summed E-state index contributed by atoms with van der Waals surface area (Å²) < 4.78 is 0. The van der Waals surface area contributed by atoms with Crippen LogP contribution in [0.25, 0.3) is 0 Å². The van der Waals surface area contributed by atoms with E-state index in [4.69, 9.17) is 0 Å². The minimum Gasteiger partial charge on any atom is -0.352 e. The number of carbonyl (C=O) groups is 2. The zero-order valence-corrected chi connectivity index (χ0v) is 14.1. The van der Waals surface area contributed by atoms with Gasteiger partial charge in [-0.25, -0.2) is 0 Å². The highest BCUT2D eigenvalue weighted by molar-refractivity contribution is 5.92. The van der Waals surface area contributed by atoms with Crippen molar-refractivity contribution in [1.29, 1.82) is 0 Å². The first-order valence-corrected chi connectivity index (χ1v) is 7.62. The van der Waals surface area contributed by atoms with Crippen LogP contribution in [-0.4, -0.2) is 42.9 Å². The molecule has 0 saturated heterocycles. The van der Waals surface area contributed by atoms with E-state index in [2.05, 4.69) is 24.5 Å². The maximum absolute atomic E-state index is 11.9. The summed E-state index contributed by atoms with van der Waals surface area (Å²) in [6.45, 7) is 8.48. The van der Waals surface area contributed by atoms with Gasteiger partial charge >= 0.3 is 0 Å². The quantitative estimate of drug-likeness (QED) is 0.810. The average molecular weight is 305 g/mol. The SMILES string of the molecule is Cc1ccc(NC(=O)CN(C)CC(=O)N[C@@H](C)C(C)C)cc1. The molecule has 0 saturated carbocycles. The van der Waals surface area contributed by atoms with Crippen molar-refractivity contribution in [2.45, 2.75) is 33.7 Å². The second-order valence-corrected chi connectivity index (χ2v) is 6.19. The van der Waals surface area contributed by atoms with E-state index in [-0.39, 0.29) is 30.9 Å². The fraction of sp³-hybridized carbons (Fsp3) is 0.529. The molecule has 0 unspecified atom stereocenters. The van der Waals surface area contributed by atoms with Crippen LogP contribution in [-0.2, 0) is 9.59 Å². The molecule has 0 bridgehead atoms. The Morgan fingerprint density at radius 3 is 2.14 bits per heavy atom. The van der Waals surface area contributed by atoms with Crippen molar-refractivity contribution < 1.29 is 9.59 Å². The lowest BCUT2D eigenvalue weighted by Crippen LogP contribution is -2.43. The second kappa shape index (κ2) is 8.54. The summed E-state index contributed by atoms with van der Waals surface area (Å²) in [5.41, 5.74) is 1.91. The fourth-order valence-corrected chi connectivity index (χ4v) is 1.85. The Kier molecular flexibility index (Phi) is 7.05. The topological polar surface area (TPSA) is 61.4 Å². The maximum Gasteiger partial charge on any atom is 0.238 e. The summed E-state index contributed by atoms with van der Waals surface area (Å²) in [5.74, 6) is 0.196. The number of likely N-dealkylation sites (N-methyl/N-ethyl adjacent to an activating group) is 1. The van der Waals surface area contributed by atoms with Gasteiger partial charge in [0.05, 0.1) is 13.1 Å². The number of carbonyl (C=O) groups excluding carboxylic acids is 2. The zero-order chi connectivity index (χ0) is 16.7. The van der Waals surface area contributed by atoms with Crippen molar-refractivity contribution >= 4 is 17.5 Å². The third-order valence-corrected chi connectivity index (χ3v) is 3.55. The van der Waals surface area contributed by atoms with Crippen LogP contribution in [0.1, 0.15) is 26.3 Å². The summed E-state index contributed by atoms with van der Waals surface area (Å²) in [6.07, 6.45) is 0. The molecule has 1 aromatic carbocycles. The molecule has 0 heterocycles. The fourth-order valence-electron chi connectivity index (χ4n) is 1.85. The number of benzene rings is 1. The molecule has 1 atom stereocenters. The summed E-state index contributed by atoms with van der Waals surface area (Å²) >= 11 is 0. The maximum atomic E-state index is 11.9. The average Bonchev–Trinajstić information content (AvgIpc) is 2.40. The predicted octanol–water partition coefficient (Wildman–Crippen LogP) is 2.03. The van der Waals surface area contributed by atoms with Crippen molar-refractivity contribution in [3.8, 4) is 0 Å². The number of anilines is 1. The van der Waals surface area contributed by atoms with Crippen molar-refractivity contribution in [2.75, 3.05) is 25.5 Å². The van der Waals surface area contributed by atoms with Crippen molar-refractivity contribution in [3.05, 3.63) is 29.8 Å². The van der Waals surface area contributed by atoms with E-state index in [1.54, 1.807) is 11.9 Å². The molecule has 5 nitrogen and oxygen atoms in total. The Bertz CT molecular complexity index is 497. The first-order chi connectivity index (χ1) is 10.3. The number of amides is 2. The minimum atomic E-state index is -0.129. The van der Waals surface area contributed by atoms with E-state index in [0.29, 0.717) is 5.92 Å². The lowest BCUT2D eigenvalue weighted by Gasteiger charge is -2.20. The van der Waals surface area contributed by atoms with Gasteiger partial charge in [-0.05, 0) is 38.9 Å². The largest absolute Gasteiger partial charge is 0.352 e. The van der Waals surface area contributed by atoms with Gasteiger partial charge in [-0.1, -0.05) is 31.5 Å². The normalized spacial score (nSPS) is 12.3. The molecular weight excluding hydrogens is 278 g/mol. The molecule has 1 rings (SSSR count). The number of nitrogens with one attached hydrogen (secondary N) is 2. The molecular formula is C17H27N3O2. The summed E-state index contributed by atoms with van der Waals surface area (Å²) in [6, 6.07) is 7.75. The third kappa shape index (κ3) is 6.72. The van der Waals surface area contributed by atoms with Gasteiger partial charge in [-0.15, -0.1) is 0 Å². The summed E-state index contributed by atoms with van der Waals surface area (Å²) in [7, 11) is 1.76. The molecule has 0 aliphatic heterocycles. The highest BCUT2D eigenvalue weighted by Crippen LogP contribution is 2.08. The molecule has 22 heavy (non-hydrogen) atoms. The van der Waals surface area contributed by atoms with Crippen molar-refractivity contribution in [3.63, 3.8) is 0 Å². The predicted molar refractivity (Wildman–Crippen MR) is 89.7 cm³/mol. The number of rotatable bonds is 7. The van der Waals surface area contributed by atoms with Gasteiger partial charge in [0.2, 0.25) is 11.8 Å². The number of nitrogens with zero attached hydrogens (tertiary/aromatic N) is 1. The standard InChI is InChI=1S/C17H27N3O2/c1-12(2)14(4)18-16(21)10-20(5)11-17(22)19-15-8-6-13(3)7-9-15/h6-9,12,14H,10-11H2,1-5H3,(H,18,21)(H,19,22)/t14-/m0/s1. The van der Waals surface area contributed by atoms with E-state index in [1.165, 1.54) is 0 Å². The van der Waals surface area contributed by atoms with Gasteiger partial charge in [0.15, 0.2) is 0 Å². The summed E-state index contributed by atoms with van der Waals surface area (Å²) in [5, 5.41) is 5.75. The third-order valence-electron chi connectivity index (χ3n) is 3.55. The molecule has 0 spiro atoms. The van der Waals surface area contributed by atoms with Crippen molar-refractivity contribution in [1.82, 2.24) is 10.2 Å². The number of hydrogen-bond donors (Lipinski definition) is 2. The van der Waals surface area contributed by atoms with Crippen LogP contribution < -0.4 is 10.6 Å². The molecule has 0 fully saturated rings.